The number of hydrogen-bond acceptors (Lipinski definition) is 2. The van der Waals surface area contributed by atoms with Gasteiger partial charge in [-0.2, -0.15) is 0 Å². The van der Waals surface area contributed by atoms with Crippen LogP contribution in [-0.2, 0) is 9.53 Å². The fraction of sp³-hybridized carbons (Fsp3) is 0.125. The van der Waals surface area contributed by atoms with Crippen LogP contribution in [-0.4, -0.2) is 12.4 Å². The molecule has 0 N–H and O–H groups in total. The summed E-state index contributed by atoms with van der Waals surface area (Å²) in [5.41, 5.74) is 2.02. The molecule has 0 fully saturated rings. The Labute approximate surface area is 58.5 Å². The molecule has 0 spiro atoms. The molecule has 0 bridgehead atoms. The third-order valence-corrected chi connectivity index (χ3v) is 1.56. The zero-order valence-electron chi connectivity index (χ0n) is 5.33. The van der Waals surface area contributed by atoms with Gasteiger partial charge in [-0.25, -0.2) is 0 Å². The first-order valence-electron chi connectivity index (χ1n) is 3.11. The predicted octanol–water partition coefficient (Wildman–Crippen LogP) is 0.966. The second kappa shape index (κ2) is 1.84. The Kier molecular flexibility index (Phi) is 1.01. The van der Waals surface area contributed by atoms with Crippen LogP contribution in [0.5, 0.6) is 0 Å². The highest BCUT2D eigenvalue weighted by molar-refractivity contribution is 6.02. The van der Waals surface area contributed by atoms with Crippen LogP contribution in [0.1, 0.15) is 0 Å². The van der Waals surface area contributed by atoms with Gasteiger partial charge >= 0.3 is 0 Å². The van der Waals surface area contributed by atoms with E-state index in [-0.39, 0.29) is 5.78 Å². The van der Waals surface area contributed by atoms with Gasteiger partial charge in [-0.1, -0.05) is 0 Å². The summed E-state index contributed by atoms with van der Waals surface area (Å²) in [6.45, 7) is 0.547. The number of ketones is 1. The molecule has 2 rings (SSSR count). The number of rotatable bonds is 0. The first-order chi connectivity index (χ1) is 4.86. The minimum Gasteiger partial charge on any atom is -0.496 e. The Morgan fingerprint density at radius 1 is 1.40 bits per heavy atom. The SMILES string of the molecule is O=C1C=CC2=COCC2=C1. The molecule has 0 aromatic rings. The molecule has 0 radical (unpaired) electrons. The van der Waals surface area contributed by atoms with Crippen molar-refractivity contribution in [1.29, 1.82) is 0 Å². The number of carbonyl (C=O) groups excluding carboxylic acids is 1. The van der Waals surface area contributed by atoms with Crippen molar-refractivity contribution in [3.63, 3.8) is 0 Å². The lowest BCUT2D eigenvalue weighted by Crippen LogP contribution is -1.98. The summed E-state index contributed by atoms with van der Waals surface area (Å²) in [5, 5.41) is 0. The van der Waals surface area contributed by atoms with Crippen molar-refractivity contribution in [2.75, 3.05) is 6.61 Å². The van der Waals surface area contributed by atoms with Crippen molar-refractivity contribution in [3.05, 3.63) is 35.6 Å². The Balaban J connectivity index is 2.43. The van der Waals surface area contributed by atoms with E-state index in [2.05, 4.69) is 0 Å². The van der Waals surface area contributed by atoms with Gasteiger partial charge < -0.3 is 4.74 Å². The molecule has 1 aliphatic carbocycles. The van der Waals surface area contributed by atoms with Gasteiger partial charge in [-0.15, -0.1) is 0 Å². The van der Waals surface area contributed by atoms with E-state index in [0.29, 0.717) is 6.61 Å². The van der Waals surface area contributed by atoms with E-state index in [1.54, 1.807) is 24.5 Å². The van der Waals surface area contributed by atoms with Crippen LogP contribution in [0.4, 0.5) is 0 Å². The molecule has 0 atom stereocenters. The average Bonchev–Trinajstić information content (AvgIpc) is 2.33. The Morgan fingerprint density at radius 3 is 3.20 bits per heavy atom. The van der Waals surface area contributed by atoms with Crippen molar-refractivity contribution in [2.24, 2.45) is 0 Å². The van der Waals surface area contributed by atoms with Crippen LogP contribution < -0.4 is 0 Å². The maximum absolute atomic E-state index is 10.8. The summed E-state index contributed by atoms with van der Waals surface area (Å²) < 4.78 is 5.01. The Morgan fingerprint density at radius 2 is 2.30 bits per heavy atom. The van der Waals surface area contributed by atoms with Crippen molar-refractivity contribution in [2.45, 2.75) is 0 Å². The number of hydrogen-bond donors (Lipinski definition) is 0. The third kappa shape index (κ3) is 0.692. The normalized spacial score (nSPS) is 21.4. The fourth-order valence-electron chi connectivity index (χ4n) is 1.04. The highest BCUT2D eigenvalue weighted by atomic mass is 16.5. The first kappa shape index (κ1) is 5.47. The lowest BCUT2D eigenvalue weighted by atomic mass is 10.0. The molecule has 1 heterocycles. The standard InChI is InChI=1S/C8H6O2/c9-8-2-1-6-4-10-5-7(6)3-8/h1-4H,5H2. The zero-order valence-corrected chi connectivity index (χ0v) is 5.33. The summed E-state index contributed by atoms with van der Waals surface area (Å²) in [6, 6.07) is 0. The maximum atomic E-state index is 10.8. The molecule has 0 aromatic carbocycles. The van der Waals surface area contributed by atoms with E-state index in [0.717, 1.165) is 11.1 Å². The second-order valence-electron chi connectivity index (χ2n) is 2.29. The molecule has 2 aliphatic rings. The molecule has 2 nitrogen and oxygen atoms in total. The molecule has 0 aromatic heterocycles. The minimum atomic E-state index is 0.0534. The molecule has 0 unspecified atom stereocenters. The highest BCUT2D eigenvalue weighted by Gasteiger charge is 2.14. The second-order valence-corrected chi connectivity index (χ2v) is 2.29. The lowest BCUT2D eigenvalue weighted by Gasteiger charge is -1.99. The van der Waals surface area contributed by atoms with Crippen LogP contribution >= 0.6 is 0 Å². The highest BCUT2D eigenvalue weighted by Crippen LogP contribution is 2.21. The average molecular weight is 134 g/mol. The third-order valence-electron chi connectivity index (χ3n) is 1.56. The molecule has 0 amide bonds. The van der Waals surface area contributed by atoms with E-state index < -0.39 is 0 Å². The summed E-state index contributed by atoms with van der Waals surface area (Å²) in [5.74, 6) is 0.0534. The molecule has 50 valence electrons. The molecule has 1 aliphatic heterocycles. The first-order valence-corrected chi connectivity index (χ1v) is 3.11. The molecule has 0 saturated carbocycles. The monoisotopic (exact) mass is 134 g/mol. The predicted molar refractivity (Wildman–Crippen MR) is 36.3 cm³/mol. The van der Waals surface area contributed by atoms with Gasteiger partial charge in [0.15, 0.2) is 5.78 Å². The fourth-order valence-corrected chi connectivity index (χ4v) is 1.04. The van der Waals surface area contributed by atoms with Crippen LogP contribution in [0.15, 0.2) is 35.6 Å². The van der Waals surface area contributed by atoms with E-state index in [9.17, 15) is 4.79 Å². The number of carbonyl (C=O) groups is 1. The van der Waals surface area contributed by atoms with E-state index in [1.807, 2.05) is 0 Å². The largest absolute Gasteiger partial charge is 0.496 e. The van der Waals surface area contributed by atoms with E-state index in [1.165, 1.54) is 0 Å². The van der Waals surface area contributed by atoms with Crippen molar-refractivity contribution < 1.29 is 9.53 Å². The van der Waals surface area contributed by atoms with Gasteiger partial charge in [-0.3, -0.25) is 4.79 Å². The van der Waals surface area contributed by atoms with Gasteiger partial charge in [0.2, 0.25) is 0 Å². The number of allylic oxidation sites excluding steroid dienone is 3. The molecule has 2 heteroatoms. The Bertz CT molecular complexity index is 269. The lowest BCUT2D eigenvalue weighted by molar-refractivity contribution is -0.110. The van der Waals surface area contributed by atoms with Crippen molar-refractivity contribution >= 4 is 5.78 Å². The quantitative estimate of drug-likeness (QED) is 0.493. The van der Waals surface area contributed by atoms with Crippen molar-refractivity contribution in [3.8, 4) is 0 Å². The van der Waals surface area contributed by atoms with E-state index in [4.69, 9.17) is 4.74 Å². The van der Waals surface area contributed by atoms with E-state index >= 15 is 0 Å². The number of fused-ring (bicyclic) bond motifs is 1. The topological polar surface area (TPSA) is 26.3 Å². The van der Waals surface area contributed by atoms with Crippen molar-refractivity contribution in [1.82, 2.24) is 0 Å². The Hall–Kier alpha value is -1.31. The molecular formula is C8H6O2. The smallest absolute Gasteiger partial charge is 0.179 e. The van der Waals surface area contributed by atoms with Gasteiger partial charge in [0.25, 0.3) is 0 Å². The number of ether oxygens (including phenoxy) is 1. The summed E-state index contributed by atoms with van der Waals surface area (Å²) >= 11 is 0. The summed E-state index contributed by atoms with van der Waals surface area (Å²) in [6.07, 6.45) is 6.61. The molecule has 0 saturated heterocycles. The van der Waals surface area contributed by atoms with Gasteiger partial charge in [0, 0.05) is 11.1 Å². The van der Waals surface area contributed by atoms with Gasteiger partial charge in [-0.05, 0) is 18.2 Å². The van der Waals surface area contributed by atoms with Gasteiger partial charge in [0.1, 0.15) is 6.61 Å². The van der Waals surface area contributed by atoms with Crippen LogP contribution in [0.3, 0.4) is 0 Å². The molecular weight excluding hydrogens is 128 g/mol. The summed E-state index contributed by atoms with van der Waals surface area (Å²) in [7, 11) is 0. The molecule has 10 heavy (non-hydrogen) atoms. The van der Waals surface area contributed by atoms with Crippen LogP contribution in [0, 0.1) is 0 Å². The van der Waals surface area contributed by atoms with Gasteiger partial charge in [0.05, 0.1) is 6.26 Å². The van der Waals surface area contributed by atoms with Crippen LogP contribution in [0.2, 0.25) is 0 Å². The zero-order chi connectivity index (χ0) is 6.97. The maximum Gasteiger partial charge on any atom is 0.179 e. The summed E-state index contributed by atoms with van der Waals surface area (Å²) in [4.78, 5) is 10.8. The van der Waals surface area contributed by atoms with Crippen LogP contribution in [0.25, 0.3) is 0 Å². The minimum absolute atomic E-state index is 0.0534.